The Hall–Kier alpha value is -1.66. The number of allylic oxidation sites excluding steroid dienone is 3. The molecule has 0 radical (unpaired) electrons. The van der Waals surface area contributed by atoms with E-state index in [0.717, 1.165) is 44.9 Å². The van der Waals surface area contributed by atoms with Crippen LogP contribution in [0.25, 0.3) is 0 Å². The number of hydrogen-bond acceptors (Lipinski definition) is 5. The average Bonchev–Trinajstić information content (AvgIpc) is 3.49. The van der Waals surface area contributed by atoms with E-state index in [1.807, 2.05) is 6.08 Å². The van der Waals surface area contributed by atoms with Crippen molar-refractivity contribution in [2.75, 3.05) is 13.2 Å². The van der Waals surface area contributed by atoms with Crippen molar-refractivity contribution in [3.05, 3.63) is 24.3 Å². The topological polar surface area (TPSA) is 95.9 Å². The van der Waals surface area contributed by atoms with E-state index in [4.69, 9.17) is 4.74 Å². The molecule has 0 saturated heterocycles. The van der Waals surface area contributed by atoms with Crippen LogP contribution in [0.5, 0.6) is 0 Å². The fourth-order valence-corrected chi connectivity index (χ4v) is 12.2. The lowest BCUT2D eigenvalue weighted by atomic mass is 10.0. The van der Waals surface area contributed by atoms with Crippen LogP contribution in [0.2, 0.25) is 0 Å². The minimum absolute atomic E-state index is 0.0128. The number of esters is 1. The molecule has 0 aliphatic carbocycles. The molecule has 0 heterocycles. The first kappa shape index (κ1) is 81.3. The van der Waals surface area contributed by atoms with Gasteiger partial charge >= 0.3 is 5.97 Å². The van der Waals surface area contributed by atoms with Crippen LogP contribution in [0.1, 0.15) is 431 Å². The summed E-state index contributed by atoms with van der Waals surface area (Å²) in [4.78, 5) is 24.7. The van der Waals surface area contributed by atoms with Crippen molar-refractivity contribution in [2.45, 2.75) is 443 Å². The SMILES string of the molecule is CCCCCCCC/C=C\CCCCCCCCCC(=O)OCCCCCCCCCCCCCCCCCCCCCCCCCCC(=O)NC(CO)C(O)/C=C/CCCCCCCCCCCCCCCCCCCCCCCCC. The Morgan fingerprint density at radius 1 is 0.325 bits per heavy atom. The van der Waals surface area contributed by atoms with Gasteiger partial charge in [0.05, 0.1) is 25.4 Å². The zero-order chi connectivity index (χ0) is 59.9. The summed E-state index contributed by atoms with van der Waals surface area (Å²) in [6.45, 7) is 4.95. The molecule has 0 aliphatic heterocycles. The highest BCUT2D eigenvalue weighted by Gasteiger charge is 2.18. The molecule has 492 valence electrons. The Morgan fingerprint density at radius 3 is 0.855 bits per heavy atom. The molecule has 6 heteroatoms. The van der Waals surface area contributed by atoms with Crippen molar-refractivity contribution in [1.82, 2.24) is 5.32 Å². The summed E-state index contributed by atoms with van der Waals surface area (Å²) in [6.07, 6.45) is 92.8. The third kappa shape index (κ3) is 69.3. The molecule has 1 amide bonds. The van der Waals surface area contributed by atoms with Crippen molar-refractivity contribution in [1.29, 1.82) is 0 Å². The summed E-state index contributed by atoms with van der Waals surface area (Å²) in [7, 11) is 0. The summed E-state index contributed by atoms with van der Waals surface area (Å²) < 4.78 is 5.51. The van der Waals surface area contributed by atoms with E-state index in [1.54, 1.807) is 6.08 Å². The standard InChI is InChI=1S/C77H149NO5/c1-3-5-7-9-11-13-15-17-19-21-22-23-24-25-28-31-34-38-41-45-49-53-57-61-65-69-75(80)74(73-79)78-76(81)70-66-62-58-54-50-46-42-39-35-32-29-26-27-30-33-36-40-44-48-52-56-60-64-68-72-83-77(82)71-67-63-59-55-51-47-43-37-20-18-16-14-12-10-8-6-4-2/h18,20,65,69,74-75,79-80H,3-17,19,21-64,66-68,70-73H2,1-2H3,(H,78,81)/b20-18-,69-65+. The molecule has 6 nitrogen and oxygen atoms in total. The van der Waals surface area contributed by atoms with E-state index in [2.05, 4.69) is 31.3 Å². The van der Waals surface area contributed by atoms with Gasteiger partial charge in [-0.2, -0.15) is 0 Å². The van der Waals surface area contributed by atoms with Gasteiger partial charge in [-0.05, 0) is 57.8 Å². The van der Waals surface area contributed by atoms with Crippen molar-refractivity contribution >= 4 is 11.9 Å². The van der Waals surface area contributed by atoms with Crippen LogP contribution in [-0.4, -0.2) is 47.4 Å². The van der Waals surface area contributed by atoms with Gasteiger partial charge in [-0.25, -0.2) is 0 Å². The van der Waals surface area contributed by atoms with Crippen LogP contribution in [-0.2, 0) is 14.3 Å². The summed E-state index contributed by atoms with van der Waals surface area (Å²) in [5.74, 6) is -0.0489. The van der Waals surface area contributed by atoms with Crippen molar-refractivity contribution in [3.8, 4) is 0 Å². The number of hydrogen-bond donors (Lipinski definition) is 3. The molecule has 3 N–H and O–H groups in total. The number of amides is 1. The molecular weight excluding hydrogens is 1020 g/mol. The number of carbonyl (C=O) groups is 2. The smallest absolute Gasteiger partial charge is 0.305 e. The third-order valence-corrected chi connectivity index (χ3v) is 18.0. The Morgan fingerprint density at radius 2 is 0.566 bits per heavy atom. The zero-order valence-electron chi connectivity index (χ0n) is 56.5. The van der Waals surface area contributed by atoms with Crippen molar-refractivity contribution in [2.24, 2.45) is 0 Å². The second-order valence-electron chi connectivity index (χ2n) is 26.3. The Bertz CT molecular complexity index is 1300. The molecule has 0 rings (SSSR count). The molecule has 2 unspecified atom stereocenters. The molecule has 0 aliphatic rings. The number of ether oxygens (including phenoxy) is 1. The minimum Gasteiger partial charge on any atom is -0.466 e. The predicted molar refractivity (Wildman–Crippen MR) is 366 cm³/mol. The van der Waals surface area contributed by atoms with Crippen LogP contribution in [0.3, 0.4) is 0 Å². The van der Waals surface area contributed by atoms with E-state index in [0.29, 0.717) is 19.4 Å². The molecule has 2 atom stereocenters. The highest BCUT2D eigenvalue weighted by atomic mass is 16.5. The second-order valence-corrected chi connectivity index (χ2v) is 26.3. The third-order valence-electron chi connectivity index (χ3n) is 18.0. The lowest BCUT2D eigenvalue weighted by Gasteiger charge is -2.20. The highest BCUT2D eigenvalue weighted by molar-refractivity contribution is 5.76. The molecule has 83 heavy (non-hydrogen) atoms. The first-order chi connectivity index (χ1) is 41.0. The van der Waals surface area contributed by atoms with Gasteiger partial charge in [-0.1, -0.05) is 385 Å². The molecular formula is C77H149NO5. The molecule has 0 aromatic rings. The molecule has 0 saturated carbocycles. The fraction of sp³-hybridized carbons (Fsp3) is 0.922. The molecule has 0 spiro atoms. The van der Waals surface area contributed by atoms with E-state index >= 15 is 0 Å². The second kappa shape index (κ2) is 72.8. The van der Waals surface area contributed by atoms with Crippen LogP contribution in [0.15, 0.2) is 24.3 Å². The maximum atomic E-state index is 12.6. The Balaban J connectivity index is 3.39. The van der Waals surface area contributed by atoms with Crippen molar-refractivity contribution < 1.29 is 24.5 Å². The number of rotatable bonds is 72. The van der Waals surface area contributed by atoms with Gasteiger partial charge in [0.1, 0.15) is 0 Å². The Labute approximate surface area is 520 Å². The van der Waals surface area contributed by atoms with Gasteiger partial charge in [0, 0.05) is 12.8 Å². The normalized spacial score (nSPS) is 12.6. The average molecular weight is 1170 g/mol. The molecule has 0 bridgehead atoms. The minimum atomic E-state index is -0.845. The molecule has 0 fully saturated rings. The number of unbranched alkanes of at least 4 members (excludes halogenated alkanes) is 59. The van der Waals surface area contributed by atoms with Crippen LogP contribution in [0.4, 0.5) is 0 Å². The van der Waals surface area contributed by atoms with Gasteiger partial charge in [0.15, 0.2) is 0 Å². The van der Waals surface area contributed by atoms with Gasteiger partial charge in [0.2, 0.25) is 5.91 Å². The maximum Gasteiger partial charge on any atom is 0.305 e. The van der Waals surface area contributed by atoms with Gasteiger partial charge in [-0.3, -0.25) is 9.59 Å². The monoisotopic (exact) mass is 1170 g/mol. The molecule has 0 aromatic carbocycles. The van der Waals surface area contributed by atoms with Crippen LogP contribution >= 0.6 is 0 Å². The zero-order valence-corrected chi connectivity index (χ0v) is 56.5. The van der Waals surface area contributed by atoms with Crippen LogP contribution < -0.4 is 5.32 Å². The van der Waals surface area contributed by atoms with Gasteiger partial charge in [0.25, 0.3) is 0 Å². The van der Waals surface area contributed by atoms with E-state index in [9.17, 15) is 19.8 Å². The number of nitrogens with one attached hydrogen (secondary N) is 1. The highest BCUT2D eigenvalue weighted by Crippen LogP contribution is 2.20. The maximum absolute atomic E-state index is 12.6. The van der Waals surface area contributed by atoms with Crippen molar-refractivity contribution in [3.63, 3.8) is 0 Å². The van der Waals surface area contributed by atoms with Gasteiger partial charge < -0.3 is 20.3 Å². The fourth-order valence-electron chi connectivity index (χ4n) is 12.2. The first-order valence-corrected chi connectivity index (χ1v) is 38.1. The quantitative estimate of drug-likeness (QED) is 0.0320. The molecule has 0 aromatic heterocycles. The summed E-state index contributed by atoms with van der Waals surface area (Å²) in [5.41, 5.74) is 0. The lowest BCUT2D eigenvalue weighted by Crippen LogP contribution is -2.45. The first-order valence-electron chi connectivity index (χ1n) is 38.1. The summed E-state index contributed by atoms with van der Waals surface area (Å²) in [6, 6.07) is -0.629. The van der Waals surface area contributed by atoms with Crippen LogP contribution in [0, 0.1) is 0 Å². The summed E-state index contributed by atoms with van der Waals surface area (Å²) in [5, 5.41) is 23.3. The lowest BCUT2D eigenvalue weighted by molar-refractivity contribution is -0.143. The van der Waals surface area contributed by atoms with E-state index < -0.39 is 12.1 Å². The summed E-state index contributed by atoms with van der Waals surface area (Å²) >= 11 is 0. The predicted octanol–water partition coefficient (Wildman–Crippen LogP) is 24.9. The van der Waals surface area contributed by atoms with E-state index in [1.165, 1.54) is 360 Å². The largest absolute Gasteiger partial charge is 0.466 e. The van der Waals surface area contributed by atoms with E-state index in [-0.39, 0.29) is 18.5 Å². The Kier molecular flexibility index (Phi) is 71.4. The number of carbonyl (C=O) groups excluding carboxylic acids is 2. The number of aliphatic hydroxyl groups excluding tert-OH is 2. The van der Waals surface area contributed by atoms with Gasteiger partial charge in [-0.15, -0.1) is 0 Å². The number of aliphatic hydroxyl groups is 2.